The van der Waals surface area contributed by atoms with E-state index in [0.717, 1.165) is 30.3 Å². The van der Waals surface area contributed by atoms with Gasteiger partial charge in [-0.1, -0.05) is 38.3 Å². The largest absolute Gasteiger partial charge is 0.382 e. The summed E-state index contributed by atoms with van der Waals surface area (Å²) < 4.78 is 0. The van der Waals surface area contributed by atoms with Crippen LogP contribution in [0.3, 0.4) is 0 Å². The van der Waals surface area contributed by atoms with Gasteiger partial charge in [0.2, 0.25) is 0 Å². The third kappa shape index (κ3) is 4.32. The molecule has 3 unspecified atom stereocenters. The molecular weight excluding hydrogens is 388 g/mol. The lowest BCUT2D eigenvalue weighted by Gasteiger charge is -2.44. The molecule has 1 aliphatic rings. The molecule has 2 aromatic heterocycles. The fourth-order valence-corrected chi connectivity index (χ4v) is 4.99. The molecule has 0 bridgehead atoms. The average Bonchev–Trinajstić information content (AvgIpc) is 2.75. The summed E-state index contributed by atoms with van der Waals surface area (Å²) in [7, 11) is 0. The Morgan fingerprint density at radius 3 is 2.68 bits per heavy atom. The molecule has 3 heterocycles. The summed E-state index contributed by atoms with van der Waals surface area (Å²) in [5.41, 5.74) is 8.91. The lowest BCUT2D eigenvalue weighted by molar-refractivity contribution is 0.0495. The molecule has 7 nitrogen and oxygen atoms in total. The standard InChI is InChI=1S/C24H32N6O/c1-4-5-12-20(30-15(2)8-6-9-16(30)3)17-10-7-11-18-22(17)29-23(24(31)28-18)19-13-26-14-21(25)27-19/h7,10-11,13-16,20H,4-6,8-9,12H2,1-3H3,(H2,25,27)(H,28,31). The Balaban J connectivity index is 1.88. The molecule has 1 aliphatic heterocycles. The smallest absolute Gasteiger partial charge is 0.276 e. The minimum absolute atomic E-state index is 0.257. The number of nitrogens with one attached hydrogen (secondary N) is 1. The zero-order valence-corrected chi connectivity index (χ0v) is 18.6. The Kier molecular flexibility index (Phi) is 6.32. The molecule has 0 aliphatic carbocycles. The van der Waals surface area contributed by atoms with Crippen LogP contribution >= 0.6 is 0 Å². The predicted molar refractivity (Wildman–Crippen MR) is 125 cm³/mol. The maximum atomic E-state index is 12.8. The highest BCUT2D eigenvalue weighted by Crippen LogP contribution is 2.37. The SMILES string of the molecule is CCCCC(c1cccc2[nH]c(=O)c(-c3cncc(N)n3)nc12)N1C(C)CCCC1C. The van der Waals surface area contributed by atoms with Gasteiger partial charge in [-0.25, -0.2) is 9.97 Å². The van der Waals surface area contributed by atoms with E-state index < -0.39 is 0 Å². The maximum absolute atomic E-state index is 12.8. The van der Waals surface area contributed by atoms with Crippen LogP contribution in [0.4, 0.5) is 5.82 Å². The van der Waals surface area contributed by atoms with Gasteiger partial charge in [0.05, 0.1) is 23.4 Å². The maximum Gasteiger partial charge on any atom is 0.276 e. The van der Waals surface area contributed by atoms with E-state index in [2.05, 4.69) is 46.7 Å². The molecule has 164 valence electrons. The van der Waals surface area contributed by atoms with E-state index >= 15 is 0 Å². The quantitative estimate of drug-likeness (QED) is 0.611. The van der Waals surface area contributed by atoms with Crippen molar-refractivity contribution in [3.8, 4) is 11.4 Å². The highest BCUT2D eigenvalue weighted by molar-refractivity contribution is 5.80. The highest BCUT2D eigenvalue weighted by atomic mass is 16.1. The van der Waals surface area contributed by atoms with Gasteiger partial charge in [0.25, 0.3) is 5.56 Å². The summed E-state index contributed by atoms with van der Waals surface area (Å²) in [5, 5.41) is 0. The van der Waals surface area contributed by atoms with Crippen molar-refractivity contribution < 1.29 is 0 Å². The molecule has 31 heavy (non-hydrogen) atoms. The number of benzene rings is 1. The summed E-state index contributed by atoms with van der Waals surface area (Å²) in [6, 6.07) is 7.39. The fourth-order valence-electron chi connectivity index (χ4n) is 4.99. The van der Waals surface area contributed by atoms with Crippen LogP contribution < -0.4 is 11.3 Å². The fraction of sp³-hybridized carbons (Fsp3) is 0.500. The monoisotopic (exact) mass is 420 g/mol. The van der Waals surface area contributed by atoms with Crippen molar-refractivity contribution in [3.05, 3.63) is 46.5 Å². The Bertz CT molecular complexity index is 1100. The molecule has 0 spiro atoms. The number of anilines is 1. The van der Waals surface area contributed by atoms with Crippen LogP contribution in [-0.4, -0.2) is 36.9 Å². The summed E-state index contributed by atoms with van der Waals surface area (Å²) in [5.74, 6) is 0.267. The van der Waals surface area contributed by atoms with Gasteiger partial charge in [-0.2, -0.15) is 0 Å². The van der Waals surface area contributed by atoms with Crippen molar-refractivity contribution in [2.24, 2.45) is 0 Å². The number of H-pyrrole nitrogens is 1. The number of aromatic amines is 1. The van der Waals surface area contributed by atoms with Gasteiger partial charge < -0.3 is 10.7 Å². The zero-order valence-electron chi connectivity index (χ0n) is 18.6. The van der Waals surface area contributed by atoms with E-state index in [4.69, 9.17) is 10.7 Å². The summed E-state index contributed by atoms with van der Waals surface area (Å²) in [6.45, 7) is 6.90. The molecule has 7 heteroatoms. The first-order chi connectivity index (χ1) is 15.0. The molecule has 1 saturated heterocycles. The lowest BCUT2D eigenvalue weighted by Crippen LogP contribution is -2.46. The van der Waals surface area contributed by atoms with E-state index in [0.29, 0.717) is 17.8 Å². The molecule has 0 amide bonds. The first-order valence-electron chi connectivity index (χ1n) is 11.4. The van der Waals surface area contributed by atoms with Crippen LogP contribution in [0.25, 0.3) is 22.4 Å². The number of nitrogens with two attached hydrogens (primary N) is 1. The number of hydrogen-bond donors (Lipinski definition) is 2. The predicted octanol–water partition coefficient (Wildman–Crippen LogP) is 4.46. The second-order valence-electron chi connectivity index (χ2n) is 8.72. The number of piperidine rings is 1. The van der Waals surface area contributed by atoms with Crippen LogP contribution in [0, 0.1) is 0 Å². The van der Waals surface area contributed by atoms with Gasteiger partial charge in [0.15, 0.2) is 5.69 Å². The minimum atomic E-state index is -0.283. The lowest BCUT2D eigenvalue weighted by atomic mass is 9.89. The van der Waals surface area contributed by atoms with E-state index in [9.17, 15) is 4.79 Å². The number of aromatic nitrogens is 4. The highest BCUT2D eigenvalue weighted by Gasteiger charge is 2.32. The Morgan fingerprint density at radius 2 is 1.97 bits per heavy atom. The minimum Gasteiger partial charge on any atom is -0.382 e. The molecule has 3 aromatic rings. The number of likely N-dealkylation sites (tertiary alicyclic amines) is 1. The normalized spacial score (nSPS) is 20.7. The summed E-state index contributed by atoms with van der Waals surface area (Å²) in [6.07, 6.45) is 10.1. The topological polar surface area (TPSA) is 101 Å². The van der Waals surface area contributed by atoms with Crippen molar-refractivity contribution in [2.45, 2.75) is 77.4 Å². The van der Waals surface area contributed by atoms with Crippen LogP contribution in [0.15, 0.2) is 35.4 Å². The van der Waals surface area contributed by atoms with Crippen molar-refractivity contribution >= 4 is 16.9 Å². The second-order valence-corrected chi connectivity index (χ2v) is 8.72. The van der Waals surface area contributed by atoms with Gasteiger partial charge in [-0.15, -0.1) is 0 Å². The molecule has 0 saturated carbocycles. The number of rotatable bonds is 6. The number of hydrogen-bond acceptors (Lipinski definition) is 6. The first-order valence-corrected chi connectivity index (χ1v) is 11.4. The molecule has 3 N–H and O–H groups in total. The van der Waals surface area contributed by atoms with Crippen molar-refractivity contribution in [2.75, 3.05) is 5.73 Å². The number of unbranched alkanes of at least 4 members (excludes halogenated alkanes) is 1. The molecular formula is C24H32N6O. The molecule has 0 radical (unpaired) electrons. The molecule has 1 aromatic carbocycles. The van der Waals surface area contributed by atoms with Crippen LogP contribution in [0.5, 0.6) is 0 Å². The van der Waals surface area contributed by atoms with Crippen molar-refractivity contribution in [1.82, 2.24) is 24.8 Å². The van der Waals surface area contributed by atoms with Crippen LogP contribution in [0.2, 0.25) is 0 Å². The van der Waals surface area contributed by atoms with Gasteiger partial charge in [0, 0.05) is 18.1 Å². The zero-order chi connectivity index (χ0) is 22.0. The van der Waals surface area contributed by atoms with Gasteiger partial charge >= 0.3 is 0 Å². The van der Waals surface area contributed by atoms with Gasteiger partial charge in [0.1, 0.15) is 11.5 Å². The Hall–Kier alpha value is -2.80. The number of para-hydroxylation sites is 1. The average molecular weight is 421 g/mol. The molecule has 4 rings (SSSR count). The van der Waals surface area contributed by atoms with Crippen molar-refractivity contribution in [3.63, 3.8) is 0 Å². The summed E-state index contributed by atoms with van der Waals surface area (Å²) >= 11 is 0. The third-order valence-corrected chi connectivity index (χ3v) is 6.46. The number of nitrogens with zero attached hydrogens (tertiary/aromatic N) is 4. The number of nitrogen functional groups attached to an aromatic ring is 1. The van der Waals surface area contributed by atoms with E-state index in [-0.39, 0.29) is 23.1 Å². The first kappa shape index (κ1) is 21.4. The Labute approximate surface area is 183 Å². The van der Waals surface area contributed by atoms with Gasteiger partial charge in [-0.3, -0.25) is 14.7 Å². The van der Waals surface area contributed by atoms with Crippen LogP contribution in [-0.2, 0) is 0 Å². The van der Waals surface area contributed by atoms with E-state index in [1.807, 2.05) is 12.1 Å². The summed E-state index contributed by atoms with van der Waals surface area (Å²) in [4.78, 5) is 31.6. The second kappa shape index (κ2) is 9.14. The van der Waals surface area contributed by atoms with Crippen LogP contribution in [0.1, 0.15) is 70.9 Å². The van der Waals surface area contributed by atoms with Crippen molar-refractivity contribution in [1.29, 1.82) is 0 Å². The molecule has 3 atom stereocenters. The van der Waals surface area contributed by atoms with E-state index in [1.165, 1.54) is 37.2 Å². The van der Waals surface area contributed by atoms with E-state index in [1.54, 1.807) is 0 Å². The van der Waals surface area contributed by atoms with Gasteiger partial charge in [-0.05, 0) is 44.7 Å². The third-order valence-electron chi connectivity index (χ3n) is 6.46. The Morgan fingerprint density at radius 1 is 1.19 bits per heavy atom. The number of fused-ring (bicyclic) bond motifs is 1. The molecule has 1 fully saturated rings.